The topological polar surface area (TPSA) is 52.3 Å². The molecule has 1 amide bonds. The average molecular weight is 257 g/mol. The Morgan fingerprint density at radius 1 is 1.44 bits per heavy atom. The normalized spacial score (nSPS) is 10.4. The van der Waals surface area contributed by atoms with E-state index in [0.717, 1.165) is 19.2 Å². The number of rotatable bonds is 2. The Morgan fingerprint density at radius 3 is 2.61 bits per heavy atom. The van der Waals surface area contributed by atoms with Gasteiger partial charge in [-0.25, -0.2) is 0 Å². The van der Waals surface area contributed by atoms with E-state index in [1.54, 1.807) is 0 Å². The maximum absolute atomic E-state index is 12.5. The molecule has 0 aliphatic rings. The summed E-state index contributed by atoms with van der Waals surface area (Å²) in [6.45, 7) is 0. The first-order valence-electron chi connectivity index (χ1n) is 4.87. The zero-order chi connectivity index (χ0) is 13.8. The zero-order valence-electron chi connectivity index (χ0n) is 9.47. The van der Waals surface area contributed by atoms with Crippen molar-refractivity contribution in [3.63, 3.8) is 0 Å². The van der Waals surface area contributed by atoms with Crippen LogP contribution in [0.4, 0.5) is 13.2 Å². The second kappa shape index (κ2) is 5.45. The standard InChI is InChI=1S/C12H10F3NO2/c1-18-10-7-8(3-2-4-11(16)17)5-6-9(10)12(13,14)15/h5-7H,4H2,1H3,(H2,16,17). The minimum absolute atomic E-state index is 0.149. The molecule has 2 N–H and O–H groups in total. The number of halogens is 3. The van der Waals surface area contributed by atoms with Gasteiger partial charge in [-0.05, 0) is 18.2 Å². The van der Waals surface area contributed by atoms with E-state index in [0.29, 0.717) is 5.56 Å². The van der Waals surface area contributed by atoms with E-state index in [1.807, 2.05) is 0 Å². The van der Waals surface area contributed by atoms with Crippen molar-refractivity contribution >= 4 is 5.91 Å². The van der Waals surface area contributed by atoms with Gasteiger partial charge < -0.3 is 10.5 Å². The number of amides is 1. The fraction of sp³-hybridized carbons (Fsp3) is 0.250. The highest BCUT2D eigenvalue weighted by atomic mass is 19.4. The molecule has 1 rings (SSSR count). The number of ether oxygens (including phenoxy) is 1. The van der Waals surface area contributed by atoms with E-state index in [-0.39, 0.29) is 12.2 Å². The van der Waals surface area contributed by atoms with Crippen LogP contribution in [0.25, 0.3) is 0 Å². The molecule has 0 aliphatic carbocycles. The first kappa shape index (κ1) is 13.9. The quantitative estimate of drug-likeness (QED) is 0.823. The van der Waals surface area contributed by atoms with Crippen LogP contribution in [0, 0.1) is 11.8 Å². The van der Waals surface area contributed by atoms with Crippen molar-refractivity contribution in [1.82, 2.24) is 0 Å². The van der Waals surface area contributed by atoms with Crippen molar-refractivity contribution in [3.05, 3.63) is 29.3 Å². The van der Waals surface area contributed by atoms with Gasteiger partial charge in [-0.3, -0.25) is 4.79 Å². The van der Waals surface area contributed by atoms with Gasteiger partial charge in [0.1, 0.15) is 5.75 Å². The molecule has 0 fully saturated rings. The van der Waals surface area contributed by atoms with Crippen molar-refractivity contribution < 1.29 is 22.7 Å². The fourth-order valence-electron chi connectivity index (χ4n) is 1.24. The lowest BCUT2D eigenvalue weighted by Gasteiger charge is -2.11. The highest BCUT2D eigenvalue weighted by molar-refractivity contribution is 5.76. The van der Waals surface area contributed by atoms with Gasteiger partial charge in [0.15, 0.2) is 0 Å². The lowest BCUT2D eigenvalue weighted by molar-refractivity contribution is -0.138. The van der Waals surface area contributed by atoms with E-state index >= 15 is 0 Å². The predicted molar refractivity (Wildman–Crippen MR) is 58.7 cm³/mol. The Kier molecular flexibility index (Phi) is 4.21. The maximum atomic E-state index is 12.5. The van der Waals surface area contributed by atoms with Gasteiger partial charge in [0.2, 0.25) is 5.91 Å². The number of primary amides is 1. The van der Waals surface area contributed by atoms with Gasteiger partial charge in [0, 0.05) is 5.56 Å². The third-order valence-electron chi connectivity index (χ3n) is 2.00. The summed E-state index contributed by atoms with van der Waals surface area (Å²) in [5.41, 5.74) is 4.33. The Labute approximate surface area is 102 Å². The van der Waals surface area contributed by atoms with Crippen LogP contribution in [0.5, 0.6) is 5.75 Å². The van der Waals surface area contributed by atoms with Gasteiger partial charge >= 0.3 is 6.18 Å². The van der Waals surface area contributed by atoms with Crippen LogP contribution in [-0.4, -0.2) is 13.0 Å². The van der Waals surface area contributed by atoms with E-state index in [4.69, 9.17) is 5.73 Å². The molecule has 0 radical (unpaired) electrons. The van der Waals surface area contributed by atoms with Crippen LogP contribution >= 0.6 is 0 Å². The molecule has 0 unspecified atom stereocenters. The summed E-state index contributed by atoms with van der Waals surface area (Å²) >= 11 is 0. The SMILES string of the molecule is COc1cc(C#CCC(N)=O)ccc1C(F)(F)F. The summed E-state index contributed by atoms with van der Waals surface area (Å²) < 4.78 is 42.3. The molecule has 0 atom stereocenters. The average Bonchev–Trinajstić information content (AvgIpc) is 2.26. The molecule has 6 heteroatoms. The number of carbonyl (C=O) groups excluding carboxylic acids is 1. The number of carbonyl (C=O) groups is 1. The van der Waals surface area contributed by atoms with E-state index in [1.165, 1.54) is 6.07 Å². The van der Waals surface area contributed by atoms with Crippen molar-refractivity contribution in [2.45, 2.75) is 12.6 Å². The fourth-order valence-corrected chi connectivity index (χ4v) is 1.24. The van der Waals surface area contributed by atoms with Gasteiger partial charge in [0.25, 0.3) is 0 Å². The molecule has 0 saturated carbocycles. The predicted octanol–water partition coefficient (Wildman–Crippen LogP) is 1.94. The number of hydrogen-bond donors (Lipinski definition) is 1. The molecule has 18 heavy (non-hydrogen) atoms. The van der Waals surface area contributed by atoms with Crippen LogP contribution < -0.4 is 10.5 Å². The van der Waals surface area contributed by atoms with E-state index in [2.05, 4.69) is 16.6 Å². The Balaban J connectivity index is 3.05. The van der Waals surface area contributed by atoms with Gasteiger partial charge in [-0.15, -0.1) is 0 Å². The highest BCUT2D eigenvalue weighted by Gasteiger charge is 2.34. The van der Waals surface area contributed by atoms with E-state index < -0.39 is 17.6 Å². The summed E-state index contributed by atoms with van der Waals surface area (Å²) in [6.07, 6.45) is -4.63. The van der Waals surface area contributed by atoms with Gasteiger partial charge in [-0.1, -0.05) is 11.8 Å². The Hall–Kier alpha value is -2.16. The molecule has 0 aliphatic heterocycles. The van der Waals surface area contributed by atoms with Crippen molar-refractivity contribution in [3.8, 4) is 17.6 Å². The number of benzene rings is 1. The number of hydrogen-bond acceptors (Lipinski definition) is 2. The lowest BCUT2D eigenvalue weighted by atomic mass is 10.1. The number of methoxy groups -OCH3 is 1. The molecular weight excluding hydrogens is 247 g/mol. The van der Waals surface area contributed by atoms with Crippen molar-refractivity contribution in [2.24, 2.45) is 5.73 Å². The van der Waals surface area contributed by atoms with Gasteiger partial charge in [-0.2, -0.15) is 13.2 Å². The molecule has 0 spiro atoms. The van der Waals surface area contributed by atoms with Crippen LogP contribution in [0.15, 0.2) is 18.2 Å². The molecule has 0 heterocycles. The third kappa shape index (κ3) is 3.70. The molecule has 3 nitrogen and oxygen atoms in total. The third-order valence-corrected chi connectivity index (χ3v) is 2.00. The molecule has 96 valence electrons. The van der Waals surface area contributed by atoms with Crippen LogP contribution in [0.3, 0.4) is 0 Å². The summed E-state index contributed by atoms with van der Waals surface area (Å²) in [5.74, 6) is 4.07. The minimum Gasteiger partial charge on any atom is -0.496 e. The summed E-state index contributed by atoms with van der Waals surface area (Å²) in [4.78, 5) is 10.4. The smallest absolute Gasteiger partial charge is 0.419 e. The monoisotopic (exact) mass is 257 g/mol. The molecular formula is C12H10F3NO2. The molecule has 1 aromatic rings. The van der Waals surface area contributed by atoms with Crippen molar-refractivity contribution in [1.29, 1.82) is 0 Å². The largest absolute Gasteiger partial charge is 0.496 e. The second-order valence-corrected chi connectivity index (χ2v) is 3.36. The van der Waals surface area contributed by atoms with Crippen LogP contribution in [0.1, 0.15) is 17.5 Å². The first-order valence-corrected chi connectivity index (χ1v) is 4.87. The Morgan fingerprint density at radius 2 is 2.11 bits per heavy atom. The molecule has 0 saturated heterocycles. The van der Waals surface area contributed by atoms with Crippen LogP contribution in [0.2, 0.25) is 0 Å². The molecule has 1 aromatic carbocycles. The molecule has 0 bridgehead atoms. The maximum Gasteiger partial charge on any atom is 0.419 e. The number of alkyl halides is 3. The second-order valence-electron chi connectivity index (χ2n) is 3.36. The van der Waals surface area contributed by atoms with E-state index in [9.17, 15) is 18.0 Å². The minimum atomic E-state index is -4.48. The summed E-state index contributed by atoms with van der Waals surface area (Å²) in [5, 5.41) is 0. The summed E-state index contributed by atoms with van der Waals surface area (Å²) in [6, 6.07) is 3.25. The lowest BCUT2D eigenvalue weighted by Crippen LogP contribution is -2.08. The number of nitrogens with two attached hydrogens (primary N) is 1. The van der Waals surface area contributed by atoms with Crippen LogP contribution in [-0.2, 0) is 11.0 Å². The van der Waals surface area contributed by atoms with Crippen molar-refractivity contribution in [2.75, 3.05) is 7.11 Å². The van der Waals surface area contributed by atoms with Gasteiger partial charge in [0.05, 0.1) is 19.1 Å². The highest BCUT2D eigenvalue weighted by Crippen LogP contribution is 2.36. The summed E-state index contributed by atoms with van der Waals surface area (Å²) in [7, 11) is 1.14. The Bertz CT molecular complexity index is 512. The molecule has 0 aromatic heterocycles. The zero-order valence-corrected chi connectivity index (χ0v) is 9.47. The first-order chi connectivity index (χ1) is 8.34.